The summed E-state index contributed by atoms with van der Waals surface area (Å²) in [6, 6.07) is 9.01. The van der Waals surface area contributed by atoms with E-state index in [1.54, 1.807) is 6.07 Å². The summed E-state index contributed by atoms with van der Waals surface area (Å²) in [5.41, 5.74) is 2.26. The zero-order valence-corrected chi connectivity index (χ0v) is 12.9. The lowest BCUT2D eigenvalue weighted by Crippen LogP contribution is -2.31. The van der Waals surface area contributed by atoms with Crippen molar-refractivity contribution in [3.8, 4) is 0 Å². The summed E-state index contributed by atoms with van der Waals surface area (Å²) in [5.74, 6) is -0.291. The SMILES string of the molecule is CCNC(CCc1ccncc1)Cc1ccc(F)cc1Cl. The summed E-state index contributed by atoms with van der Waals surface area (Å²) in [6.07, 6.45) is 6.42. The van der Waals surface area contributed by atoms with Crippen molar-refractivity contribution in [3.05, 3.63) is 64.7 Å². The van der Waals surface area contributed by atoms with E-state index < -0.39 is 0 Å². The summed E-state index contributed by atoms with van der Waals surface area (Å²) in [4.78, 5) is 4.03. The third kappa shape index (κ3) is 5.10. The highest BCUT2D eigenvalue weighted by Crippen LogP contribution is 2.20. The minimum absolute atomic E-state index is 0.291. The molecule has 21 heavy (non-hydrogen) atoms. The van der Waals surface area contributed by atoms with Crippen LogP contribution in [0.2, 0.25) is 5.02 Å². The summed E-state index contributed by atoms with van der Waals surface area (Å²) < 4.78 is 13.1. The molecule has 0 amide bonds. The molecule has 0 aliphatic heterocycles. The zero-order chi connectivity index (χ0) is 15.1. The third-order valence-corrected chi connectivity index (χ3v) is 3.86. The van der Waals surface area contributed by atoms with Gasteiger partial charge in [-0.2, -0.15) is 0 Å². The lowest BCUT2D eigenvalue weighted by atomic mass is 9.99. The van der Waals surface area contributed by atoms with E-state index in [0.29, 0.717) is 11.1 Å². The summed E-state index contributed by atoms with van der Waals surface area (Å²) in [7, 11) is 0. The first-order valence-corrected chi connectivity index (χ1v) is 7.63. The average molecular weight is 307 g/mol. The predicted octanol–water partition coefficient (Wildman–Crippen LogP) is 4.03. The Morgan fingerprint density at radius 3 is 2.67 bits per heavy atom. The van der Waals surface area contributed by atoms with Gasteiger partial charge in [0, 0.05) is 23.5 Å². The molecule has 1 aromatic carbocycles. The van der Waals surface area contributed by atoms with Gasteiger partial charge in [0.05, 0.1) is 0 Å². The highest BCUT2D eigenvalue weighted by Gasteiger charge is 2.11. The van der Waals surface area contributed by atoms with Crippen LogP contribution >= 0.6 is 11.6 Å². The molecule has 112 valence electrons. The minimum Gasteiger partial charge on any atom is -0.314 e. The molecule has 4 heteroatoms. The lowest BCUT2D eigenvalue weighted by Gasteiger charge is -2.18. The molecule has 0 aliphatic carbocycles. The largest absolute Gasteiger partial charge is 0.314 e. The van der Waals surface area contributed by atoms with Crippen LogP contribution in [0, 0.1) is 5.82 Å². The van der Waals surface area contributed by atoms with Crippen LogP contribution < -0.4 is 5.32 Å². The molecule has 2 rings (SSSR count). The third-order valence-electron chi connectivity index (χ3n) is 3.51. The molecule has 0 saturated heterocycles. The number of rotatable bonds is 7. The number of hydrogen-bond donors (Lipinski definition) is 1. The number of pyridine rings is 1. The minimum atomic E-state index is -0.291. The van der Waals surface area contributed by atoms with E-state index in [4.69, 9.17) is 11.6 Å². The van der Waals surface area contributed by atoms with Gasteiger partial charge >= 0.3 is 0 Å². The molecule has 0 fully saturated rings. The van der Waals surface area contributed by atoms with Crippen molar-refractivity contribution in [2.45, 2.75) is 32.2 Å². The van der Waals surface area contributed by atoms with Crippen LogP contribution in [-0.2, 0) is 12.8 Å². The number of aryl methyl sites for hydroxylation is 1. The van der Waals surface area contributed by atoms with Crippen LogP contribution in [0.15, 0.2) is 42.7 Å². The van der Waals surface area contributed by atoms with Gasteiger partial charge in [-0.15, -0.1) is 0 Å². The topological polar surface area (TPSA) is 24.9 Å². The first-order valence-electron chi connectivity index (χ1n) is 7.25. The van der Waals surface area contributed by atoms with Crippen molar-refractivity contribution < 1.29 is 4.39 Å². The maximum atomic E-state index is 13.1. The van der Waals surface area contributed by atoms with Crippen LogP contribution in [0.3, 0.4) is 0 Å². The van der Waals surface area contributed by atoms with Gasteiger partial charge < -0.3 is 5.32 Å². The molecule has 0 spiro atoms. The Bertz CT molecular complexity index is 560. The standard InChI is InChI=1S/C17H20ClFN2/c1-2-21-16(6-3-13-7-9-20-10-8-13)11-14-4-5-15(19)12-17(14)18/h4-5,7-10,12,16,21H,2-3,6,11H2,1H3. The maximum absolute atomic E-state index is 13.1. The second-order valence-electron chi connectivity index (χ2n) is 5.09. The fourth-order valence-corrected chi connectivity index (χ4v) is 2.65. The number of likely N-dealkylation sites (N-methyl/N-ethyl adjacent to an activating group) is 1. The van der Waals surface area contributed by atoms with Gasteiger partial charge in [-0.3, -0.25) is 4.98 Å². The Labute approximate surface area is 130 Å². The Morgan fingerprint density at radius 2 is 2.00 bits per heavy atom. The van der Waals surface area contributed by atoms with Gasteiger partial charge in [-0.25, -0.2) is 4.39 Å². The number of benzene rings is 1. The van der Waals surface area contributed by atoms with E-state index in [1.807, 2.05) is 24.5 Å². The molecule has 2 aromatic rings. The van der Waals surface area contributed by atoms with Crippen molar-refractivity contribution in [1.82, 2.24) is 10.3 Å². The average Bonchev–Trinajstić information content (AvgIpc) is 2.49. The number of halogens is 2. The van der Waals surface area contributed by atoms with E-state index >= 15 is 0 Å². The highest BCUT2D eigenvalue weighted by atomic mass is 35.5. The zero-order valence-electron chi connectivity index (χ0n) is 12.2. The lowest BCUT2D eigenvalue weighted by molar-refractivity contribution is 0.490. The summed E-state index contributed by atoms with van der Waals surface area (Å²) >= 11 is 6.11. The number of nitrogens with zero attached hydrogens (tertiary/aromatic N) is 1. The van der Waals surface area contributed by atoms with E-state index in [2.05, 4.69) is 17.2 Å². The van der Waals surface area contributed by atoms with Gasteiger partial charge in [0.25, 0.3) is 0 Å². The summed E-state index contributed by atoms with van der Waals surface area (Å²) in [5, 5.41) is 3.98. The monoisotopic (exact) mass is 306 g/mol. The second-order valence-corrected chi connectivity index (χ2v) is 5.50. The Balaban J connectivity index is 1.98. The first-order chi connectivity index (χ1) is 10.2. The van der Waals surface area contributed by atoms with Gasteiger partial charge in [0.2, 0.25) is 0 Å². The molecule has 0 bridgehead atoms. The van der Waals surface area contributed by atoms with Gasteiger partial charge in [0.1, 0.15) is 5.82 Å². The highest BCUT2D eigenvalue weighted by molar-refractivity contribution is 6.31. The Morgan fingerprint density at radius 1 is 1.24 bits per heavy atom. The smallest absolute Gasteiger partial charge is 0.124 e. The second kappa shape index (κ2) is 8.11. The fourth-order valence-electron chi connectivity index (χ4n) is 2.41. The maximum Gasteiger partial charge on any atom is 0.124 e. The van der Waals surface area contributed by atoms with Crippen molar-refractivity contribution in [2.24, 2.45) is 0 Å². The Kier molecular flexibility index (Phi) is 6.15. The van der Waals surface area contributed by atoms with Crippen LogP contribution in [-0.4, -0.2) is 17.6 Å². The normalized spacial score (nSPS) is 12.3. The molecule has 1 aromatic heterocycles. The van der Waals surface area contributed by atoms with Crippen molar-refractivity contribution in [2.75, 3.05) is 6.54 Å². The van der Waals surface area contributed by atoms with E-state index in [0.717, 1.165) is 31.4 Å². The van der Waals surface area contributed by atoms with Crippen LogP contribution in [0.1, 0.15) is 24.5 Å². The van der Waals surface area contributed by atoms with Gasteiger partial charge in [-0.1, -0.05) is 24.6 Å². The van der Waals surface area contributed by atoms with Crippen LogP contribution in [0.5, 0.6) is 0 Å². The van der Waals surface area contributed by atoms with E-state index in [1.165, 1.54) is 17.7 Å². The molecular formula is C17H20ClFN2. The molecule has 0 saturated carbocycles. The van der Waals surface area contributed by atoms with Gasteiger partial charge in [0.15, 0.2) is 0 Å². The van der Waals surface area contributed by atoms with Gasteiger partial charge in [-0.05, 0) is 61.2 Å². The van der Waals surface area contributed by atoms with Crippen molar-refractivity contribution in [3.63, 3.8) is 0 Å². The molecule has 1 heterocycles. The number of nitrogens with one attached hydrogen (secondary N) is 1. The molecule has 1 unspecified atom stereocenters. The van der Waals surface area contributed by atoms with Crippen LogP contribution in [0.25, 0.3) is 0 Å². The first kappa shape index (κ1) is 15.9. The van der Waals surface area contributed by atoms with Crippen molar-refractivity contribution >= 4 is 11.6 Å². The number of aromatic nitrogens is 1. The number of hydrogen-bond acceptors (Lipinski definition) is 2. The quantitative estimate of drug-likeness (QED) is 0.835. The van der Waals surface area contributed by atoms with Crippen LogP contribution in [0.4, 0.5) is 4.39 Å². The molecule has 0 aliphatic rings. The Hall–Kier alpha value is -1.45. The molecule has 1 atom stereocenters. The molecule has 0 radical (unpaired) electrons. The summed E-state index contributed by atoms with van der Waals surface area (Å²) in [6.45, 7) is 2.99. The molecular weight excluding hydrogens is 287 g/mol. The predicted molar refractivity (Wildman–Crippen MR) is 85.1 cm³/mol. The molecule has 2 nitrogen and oxygen atoms in total. The van der Waals surface area contributed by atoms with E-state index in [9.17, 15) is 4.39 Å². The van der Waals surface area contributed by atoms with Crippen molar-refractivity contribution in [1.29, 1.82) is 0 Å². The van der Waals surface area contributed by atoms with E-state index in [-0.39, 0.29) is 5.82 Å². The fraction of sp³-hybridized carbons (Fsp3) is 0.353. The molecule has 1 N–H and O–H groups in total.